The van der Waals surface area contributed by atoms with Crippen LogP contribution in [0.1, 0.15) is 57.1 Å². The van der Waals surface area contributed by atoms with Crippen molar-refractivity contribution in [2.24, 2.45) is 13.0 Å². The fourth-order valence-electron chi connectivity index (χ4n) is 3.15. The van der Waals surface area contributed by atoms with E-state index < -0.39 is 0 Å². The van der Waals surface area contributed by atoms with Gasteiger partial charge in [-0.2, -0.15) is 5.10 Å². The van der Waals surface area contributed by atoms with Crippen LogP contribution in [0, 0.1) is 12.8 Å². The highest BCUT2D eigenvalue weighted by molar-refractivity contribution is 5.69. The molecule has 0 atom stereocenters. The molecule has 0 saturated heterocycles. The number of benzene rings is 1. The van der Waals surface area contributed by atoms with Gasteiger partial charge in [-0.15, -0.1) is 0 Å². The lowest BCUT2D eigenvalue weighted by atomic mass is 9.99. The average Bonchev–Trinajstić information content (AvgIpc) is 3.06. The van der Waals surface area contributed by atoms with Gasteiger partial charge >= 0.3 is 5.97 Å². The van der Waals surface area contributed by atoms with Crippen LogP contribution in [0.15, 0.2) is 30.6 Å². The normalized spacial score (nSPS) is 11.1. The zero-order chi connectivity index (χ0) is 18.9. The summed E-state index contributed by atoms with van der Waals surface area (Å²) in [4.78, 5) is 11.9. The molecule has 0 aliphatic heterocycles. The minimum absolute atomic E-state index is 0.0582. The summed E-state index contributed by atoms with van der Waals surface area (Å²) in [6.07, 6.45) is 9.43. The number of esters is 1. The van der Waals surface area contributed by atoms with Gasteiger partial charge in [0, 0.05) is 25.2 Å². The number of hydrogen-bond acceptors (Lipinski definition) is 3. The zero-order valence-corrected chi connectivity index (χ0v) is 16.6. The molecule has 26 heavy (non-hydrogen) atoms. The van der Waals surface area contributed by atoms with E-state index >= 15 is 0 Å². The summed E-state index contributed by atoms with van der Waals surface area (Å²) < 4.78 is 7.21. The molecular weight excluding hydrogens is 324 g/mol. The van der Waals surface area contributed by atoms with E-state index in [-0.39, 0.29) is 5.97 Å². The largest absolute Gasteiger partial charge is 0.465 e. The first kappa shape index (κ1) is 20.2. The molecule has 0 saturated carbocycles. The van der Waals surface area contributed by atoms with Gasteiger partial charge in [-0.25, -0.2) is 0 Å². The second kappa shape index (κ2) is 10.1. The van der Waals surface area contributed by atoms with Crippen molar-refractivity contribution in [1.82, 2.24) is 9.78 Å². The predicted octanol–water partition coefficient (Wildman–Crippen LogP) is 5.09. The van der Waals surface area contributed by atoms with Gasteiger partial charge in [-0.05, 0) is 43.2 Å². The molecule has 0 amide bonds. The lowest BCUT2D eigenvalue weighted by Gasteiger charge is -2.12. The van der Waals surface area contributed by atoms with Gasteiger partial charge in [0.15, 0.2) is 0 Å². The van der Waals surface area contributed by atoms with E-state index in [1.807, 2.05) is 24.1 Å². The maximum Gasteiger partial charge on any atom is 0.305 e. The van der Waals surface area contributed by atoms with E-state index in [1.54, 1.807) is 0 Å². The van der Waals surface area contributed by atoms with Crippen molar-refractivity contribution in [2.45, 2.75) is 59.3 Å². The summed E-state index contributed by atoms with van der Waals surface area (Å²) in [7, 11) is 1.93. The number of carbonyl (C=O) groups excluding carboxylic acids is 1. The summed E-state index contributed by atoms with van der Waals surface area (Å²) in [5, 5.41) is 4.25. The van der Waals surface area contributed by atoms with Crippen molar-refractivity contribution in [1.29, 1.82) is 0 Å². The molecule has 2 aromatic rings. The Morgan fingerprint density at radius 2 is 1.92 bits per heavy atom. The summed E-state index contributed by atoms with van der Waals surface area (Å²) in [5.74, 6) is 0.439. The molecule has 0 aliphatic carbocycles. The van der Waals surface area contributed by atoms with Gasteiger partial charge in [0.05, 0.1) is 12.8 Å². The second-order valence-electron chi connectivity index (χ2n) is 7.18. The Morgan fingerprint density at radius 3 is 2.58 bits per heavy atom. The van der Waals surface area contributed by atoms with E-state index in [0.717, 1.165) is 37.7 Å². The number of carbonyl (C=O) groups is 1. The van der Waals surface area contributed by atoms with Gasteiger partial charge < -0.3 is 4.74 Å². The van der Waals surface area contributed by atoms with Crippen LogP contribution in [0.5, 0.6) is 0 Å². The van der Waals surface area contributed by atoms with E-state index in [4.69, 9.17) is 4.74 Å². The first-order valence-electron chi connectivity index (χ1n) is 9.77. The van der Waals surface area contributed by atoms with Crippen molar-refractivity contribution in [3.8, 4) is 11.1 Å². The topological polar surface area (TPSA) is 44.1 Å². The van der Waals surface area contributed by atoms with Crippen LogP contribution in [0.3, 0.4) is 0 Å². The first-order valence-corrected chi connectivity index (χ1v) is 9.77. The van der Waals surface area contributed by atoms with Crippen LogP contribution in [0.2, 0.25) is 0 Å². The molecule has 0 unspecified atom stereocenters. The lowest BCUT2D eigenvalue weighted by molar-refractivity contribution is -0.145. The summed E-state index contributed by atoms with van der Waals surface area (Å²) >= 11 is 0. The van der Waals surface area contributed by atoms with Crippen molar-refractivity contribution < 1.29 is 9.53 Å². The minimum atomic E-state index is -0.0582. The Bertz CT molecular complexity index is 702. The van der Waals surface area contributed by atoms with Gasteiger partial charge in [-0.1, -0.05) is 50.5 Å². The smallest absolute Gasteiger partial charge is 0.305 e. The van der Waals surface area contributed by atoms with Crippen LogP contribution in [-0.4, -0.2) is 22.4 Å². The Hall–Kier alpha value is -2.10. The van der Waals surface area contributed by atoms with Crippen LogP contribution in [0.25, 0.3) is 11.1 Å². The number of nitrogens with zero attached hydrogens (tertiary/aromatic N) is 2. The van der Waals surface area contributed by atoms with E-state index in [2.05, 4.69) is 44.1 Å². The Kier molecular flexibility index (Phi) is 7.89. The predicted molar refractivity (Wildman–Crippen MR) is 106 cm³/mol. The van der Waals surface area contributed by atoms with Crippen molar-refractivity contribution in [3.05, 3.63) is 41.7 Å². The number of aryl methyl sites for hydroxylation is 3. The number of ether oxygens (including phenoxy) is 1. The molecule has 0 bridgehead atoms. The number of hydrogen-bond donors (Lipinski definition) is 0. The molecule has 0 N–H and O–H groups in total. The highest BCUT2D eigenvalue weighted by Gasteiger charge is 2.09. The summed E-state index contributed by atoms with van der Waals surface area (Å²) in [6, 6.07) is 6.65. The van der Waals surface area contributed by atoms with Crippen LogP contribution in [-0.2, 0) is 23.0 Å². The fraction of sp³-hybridized carbons (Fsp3) is 0.545. The van der Waals surface area contributed by atoms with Crippen LogP contribution < -0.4 is 0 Å². The first-order chi connectivity index (χ1) is 12.5. The van der Waals surface area contributed by atoms with Crippen LogP contribution in [0.4, 0.5) is 0 Å². The molecule has 1 aromatic heterocycles. The Balaban J connectivity index is 1.79. The van der Waals surface area contributed by atoms with Crippen LogP contribution >= 0.6 is 0 Å². The quantitative estimate of drug-likeness (QED) is 0.440. The molecule has 142 valence electrons. The van der Waals surface area contributed by atoms with Gasteiger partial charge in [-0.3, -0.25) is 9.48 Å². The minimum Gasteiger partial charge on any atom is -0.465 e. The number of unbranched alkanes of at least 4 members (excludes halogenated alkanes) is 1. The molecule has 0 aliphatic rings. The third-order valence-corrected chi connectivity index (χ3v) is 4.91. The summed E-state index contributed by atoms with van der Waals surface area (Å²) in [6.45, 7) is 6.98. The second-order valence-corrected chi connectivity index (χ2v) is 7.18. The van der Waals surface area contributed by atoms with E-state index in [1.165, 1.54) is 16.7 Å². The molecule has 0 fully saturated rings. The molecule has 0 radical (unpaired) electrons. The van der Waals surface area contributed by atoms with Crippen molar-refractivity contribution in [2.75, 3.05) is 6.61 Å². The average molecular weight is 357 g/mol. The molecule has 2 rings (SSSR count). The van der Waals surface area contributed by atoms with E-state index in [9.17, 15) is 4.79 Å². The van der Waals surface area contributed by atoms with Gasteiger partial charge in [0.1, 0.15) is 0 Å². The molecule has 0 spiro atoms. The maximum atomic E-state index is 11.9. The van der Waals surface area contributed by atoms with Crippen molar-refractivity contribution in [3.63, 3.8) is 0 Å². The highest BCUT2D eigenvalue weighted by Crippen LogP contribution is 2.23. The number of rotatable bonds is 10. The molecule has 4 heteroatoms. The van der Waals surface area contributed by atoms with Gasteiger partial charge in [0.25, 0.3) is 0 Å². The molecular formula is C22H32N2O2. The Morgan fingerprint density at radius 1 is 1.15 bits per heavy atom. The molecule has 1 heterocycles. The number of aromatic nitrogens is 2. The lowest BCUT2D eigenvalue weighted by Crippen LogP contribution is -2.12. The van der Waals surface area contributed by atoms with E-state index in [0.29, 0.717) is 18.9 Å². The van der Waals surface area contributed by atoms with Gasteiger partial charge in [0.2, 0.25) is 0 Å². The SMILES string of the molecule is CCC(CC)COC(=O)CCCCc1cc(C)cc(-c2cnn(C)c2)c1. The summed E-state index contributed by atoms with van der Waals surface area (Å²) in [5.41, 5.74) is 4.92. The standard InChI is InChI=1S/C22H32N2O2/c1-5-18(6-2)16-26-22(25)10-8-7-9-19-11-17(3)12-20(13-19)21-14-23-24(4)15-21/h11-15,18H,5-10,16H2,1-4H3. The Labute approximate surface area is 157 Å². The monoisotopic (exact) mass is 356 g/mol. The third kappa shape index (κ3) is 6.32. The zero-order valence-electron chi connectivity index (χ0n) is 16.6. The third-order valence-electron chi connectivity index (χ3n) is 4.91. The highest BCUT2D eigenvalue weighted by atomic mass is 16.5. The fourth-order valence-corrected chi connectivity index (χ4v) is 3.15. The maximum absolute atomic E-state index is 11.9. The van der Waals surface area contributed by atoms with Crippen molar-refractivity contribution >= 4 is 5.97 Å². The molecule has 4 nitrogen and oxygen atoms in total. The molecule has 1 aromatic carbocycles.